The molecule has 0 aliphatic rings. The second-order valence-electron chi connectivity index (χ2n) is 5.85. The van der Waals surface area contributed by atoms with Gasteiger partial charge in [0.05, 0.1) is 13.7 Å². The van der Waals surface area contributed by atoms with Crippen molar-refractivity contribution in [3.63, 3.8) is 0 Å². The van der Waals surface area contributed by atoms with Gasteiger partial charge in [0.2, 0.25) is 0 Å². The Morgan fingerprint density at radius 1 is 1.04 bits per heavy atom. The minimum absolute atomic E-state index is 0.121. The fourth-order valence-corrected chi connectivity index (χ4v) is 2.42. The fraction of sp³-hybridized carbons (Fsp3) is 0.350. The van der Waals surface area contributed by atoms with Crippen LogP contribution in [0.5, 0.6) is 11.5 Å². The summed E-state index contributed by atoms with van der Waals surface area (Å²) in [5.41, 5.74) is 1.20. The van der Waals surface area contributed by atoms with Crippen LogP contribution in [0.4, 0.5) is 8.78 Å². The van der Waals surface area contributed by atoms with Gasteiger partial charge in [-0.25, -0.2) is 8.78 Å². The molecule has 0 aliphatic carbocycles. The van der Waals surface area contributed by atoms with Gasteiger partial charge in [0.25, 0.3) is 0 Å². The molecule has 0 spiro atoms. The molecular formula is C20H25F2N3O2. The first kappa shape index (κ1) is 20.5. The molecule has 0 bridgehead atoms. The van der Waals surface area contributed by atoms with Gasteiger partial charge in [-0.15, -0.1) is 0 Å². The van der Waals surface area contributed by atoms with E-state index in [9.17, 15) is 8.78 Å². The topological polar surface area (TPSA) is 54.9 Å². The quantitative estimate of drug-likeness (QED) is 0.545. The van der Waals surface area contributed by atoms with Crippen LogP contribution in [0.25, 0.3) is 0 Å². The van der Waals surface area contributed by atoms with Gasteiger partial charge in [0.1, 0.15) is 11.6 Å². The third-order valence-corrected chi connectivity index (χ3v) is 3.83. The maximum absolute atomic E-state index is 13.7. The van der Waals surface area contributed by atoms with Crippen LogP contribution in [0.15, 0.2) is 41.4 Å². The monoisotopic (exact) mass is 377 g/mol. The summed E-state index contributed by atoms with van der Waals surface area (Å²) >= 11 is 0. The smallest absolute Gasteiger partial charge is 0.191 e. The molecule has 2 aromatic carbocycles. The molecule has 5 nitrogen and oxygen atoms in total. The fourth-order valence-electron chi connectivity index (χ4n) is 2.42. The van der Waals surface area contributed by atoms with Crippen molar-refractivity contribution in [3.8, 4) is 11.5 Å². The lowest BCUT2D eigenvalue weighted by Crippen LogP contribution is -2.36. The molecule has 2 aromatic rings. The summed E-state index contributed by atoms with van der Waals surface area (Å²) in [6.07, 6.45) is 0.917. The van der Waals surface area contributed by atoms with Gasteiger partial charge in [-0.2, -0.15) is 0 Å². The minimum Gasteiger partial charge on any atom is -0.493 e. The number of aliphatic imine (C=N–C) groups is 1. The highest BCUT2D eigenvalue weighted by Crippen LogP contribution is 2.28. The average molecular weight is 377 g/mol. The van der Waals surface area contributed by atoms with Crippen LogP contribution >= 0.6 is 0 Å². The molecular weight excluding hydrogens is 352 g/mol. The number of halogens is 2. The third-order valence-electron chi connectivity index (χ3n) is 3.83. The van der Waals surface area contributed by atoms with Crippen molar-refractivity contribution in [3.05, 3.63) is 59.2 Å². The van der Waals surface area contributed by atoms with Gasteiger partial charge in [-0.3, -0.25) is 4.99 Å². The molecule has 2 rings (SSSR count). The summed E-state index contributed by atoms with van der Waals surface area (Å²) in [4.78, 5) is 4.09. The predicted octanol–water partition coefficient (Wildman–Crippen LogP) is 3.63. The summed E-state index contributed by atoms with van der Waals surface area (Å²) in [6.45, 7) is 3.27. The first-order chi connectivity index (χ1) is 13.1. The van der Waals surface area contributed by atoms with Crippen LogP contribution in [-0.4, -0.2) is 26.7 Å². The Kier molecular flexibility index (Phi) is 7.85. The molecule has 0 fully saturated rings. The lowest BCUT2D eigenvalue weighted by molar-refractivity contribution is 0.294. The number of nitrogens with zero attached hydrogens (tertiary/aromatic N) is 1. The Morgan fingerprint density at radius 2 is 1.81 bits per heavy atom. The zero-order valence-corrected chi connectivity index (χ0v) is 15.8. The van der Waals surface area contributed by atoms with Crippen molar-refractivity contribution in [1.82, 2.24) is 10.6 Å². The van der Waals surface area contributed by atoms with Gasteiger partial charge in [0.15, 0.2) is 17.5 Å². The summed E-state index contributed by atoms with van der Waals surface area (Å²) in [6, 6.07) is 9.04. The number of benzene rings is 2. The molecule has 27 heavy (non-hydrogen) atoms. The van der Waals surface area contributed by atoms with Gasteiger partial charge in [-0.1, -0.05) is 13.0 Å². The van der Waals surface area contributed by atoms with Crippen molar-refractivity contribution in [2.24, 2.45) is 4.99 Å². The van der Waals surface area contributed by atoms with E-state index in [1.807, 2.05) is 25.1 Å². The highest BCUT2D eigenvalue weighted by molar-refractivity contribution is 5.79. The van der Waals surface area contributed by atoms with Crippen LogP contribution in [-0.2, 0) is 13.1 Å². The van der Waals surface area contributed by atoms with Gasteiger partial charge in [0, 0.05) is 25.7 Å². The van der Waals surface area contributed by atoms with Crippen molar-refractivity contribution < 1.29 is 18.3 Å². The van der Waals surface area contributed by atoms with Crippen molar-refractivity contribution in [1.29, 1.82) is 0 Å². The Morgan fingerprint density at radius 3 is 2.52 bits per heavy atom. The predicted molar refractivity (Wildman–Crippen MR) is 102 cm³/mol. The van der Waals surface area contributed by atoms with Crippen LogP contribution < -0.4 is 20.1 Å². The van der Waals surface area contributed by atoms with E-state index in [1.165, 1.54) is 0 Å². The Bertz CT molecular complexity index is 782. The van der Waals surface area contributed by atoms with Crippen LogP contribution in [0.1, 0.15) is 24.5 Å². The van der Waals surface area contributed by atoms with Gasteiger partial charge >= 0.3 is 0 Å². The van der Waals surface area contributed by atoms with Crippen molar-refractivity contribution in [2.75, 3.05) is 20.8 Å². The van der Waals surface area contributed by atoms with E-state index < -0.39 is 11.6 Å². The Balaban J connectivity index is 1.94. The number of ether oxygens (including phenoxy) is 2. The number of guanidine groups is 1. The average Bonchev–Trinajstić information content (AvgIpc) is 2.69. The van der Waals surface area contributed by atoms with E-state index in [0.29, 0.717) is 30.6 Å². The maximum Gasteiger partial charge on any atom is 0.191 e. The highest BCUT2D eigenvalue weighted by atomic mass is 19.1. The molecule has 0 saturated carbocycles. The van der Waals surface area contributed by atoms with Crippen LogP contribution in [0, 0.1) is 11.6 Å². The second kappa shape index (κ2) is 10.4. The standard InChI is InChI=1S/C20H25F2N3O2/c1-4-9-27-18-8-5-14(10-19(18)26-3)12-24-20(23-2)25-13-15-11-16(21)6-7-17(15)22/h5-8,10-11H,4,9,12-13H2,1-3H3,(H2,23,24,25). The summed E-state index contributed by atoms with van der Waals surface area (Å²) in [7, 11) is 3.21. The maximum atomic E-state index is 13.7. The lowest BCUT2D eigenvalue weighted by Gasteiger charge is -2.14. The van der Waals surface area contributed by atoms with E-state index in [4.69, 9.17) is 9.47 Å². The summed E-state index contributed by atoms with van der Waals surface area (Å²) in [5, 5.41) is 6.10. The molecule has 0 aromatic heterocycles. The van der Waals surface area contributed by atoms with Gasteiger partial charge < -0.3 is 20.1 Å². The largest absolute Gasteiger partial charge is 0.493 e. The minimum atomic E-state index is -0.478. The van der Waals surface area contributed by atoms with E-state index >= 15 is 0 Å². The van der Waals surface area contributed by atoms with Crippen LogP contribution in [0.2, 0.25) is 0 Å². The van der Waals surface area contributed by atoms with Gasteiger partial charge in [-0.05, 0) is 42.3 Å². The molecule has 2 N–H and O–H groups in total. The van der Waals surface area contributed by atoms with Crippen molar-refractivity contribution in [2.45, 2.75) is 26.4 Å². The third kappa shape index (κ3) is 6.13. The molecule has 0 radical (unpaired) electrons. The molecule has 0 saturated heterocycles. The van der Waals surface area contributed by atoms with E-state index in [0.717, 1.165) is 30.2 Å². The number of hydrogen-bond acceptors (Lipinski definition) is 3. The normalized spacial score (nSPS) is 11.2. The number of rotatable bonds is 8. The molecule has 0 unspecified atom stereocenters. The Labute approximate surface area is 158 Å². The highest BCUT2D eigenvalue weighted by Gasteiger charge is 2.08. The van der Waals surface area contributed by atoms with E-state index in [1.54, 1.807) is 14.2 Å². The summed E-state index contributed by atoms with van der Waals surface area (Å²) in [5.74, 6) is 0.893. The summed E-state index contributed by atoms with van der Waals surface area (Å²) < 4.78 is 37.9. The van der Waals surface area contributed by atoms with E-state index in [-0.39, 0.29) is 12.1 Å². The zero-order valence-electron chi connectivity index (χ0n) is 15.8. The molecule has 0 heterocycles. The van der Waals surface area contributed by atoms with E-state index in [2.05, 4.69) is 15.6 Å². The second-order valence-corrected chi connectivity index (χ2v) is 5.85. The number of hydrogen-bond donors (Lipinski definition) is 2. The molecule has 146 valence electrons. The molecule has 0 atom stereocenters. The lowest BCUT2D eigenvalue weighted by atomic mass is 10.2. The SMILES string of the molecule is CCCOc1ccc(CNC(=NC)NCc2cc(F)ccc2F)cc1OC. The molecule has 0 aliphatic heterocycles. The molecule has 7 heteroatoms. The number of nitrogens with one attached hydrogen (secondary N) is 2. The van der Waals surface area contributed by atoms with Crippen LogP contribution in [0.3, 0.4) is 0 Å². The zero-order chi connectivity index (χ0) is 19.6. The molecule has 0 amide bonds. The first-order valence-electron chi connectivity index (χ1n) is 8.75. The van der Waals surface area contributed by atoms with Crippen molar-refractivity contribution >= 4 is 5.96 Å². The first-order valence-corrected chi connectivity index (χ1v) is 8.75. The Hall–Kier alpha value is -2.83. The number of methoxy groups -OCH3 is 1.